The molecular weight excluding hydrogens is 272 g/mol. The lowest BCUT2D eigenvalue weighted by atomic mass is 10.3. The fourth-order valence-electron chi connectivity index (χ4n) is 0.884. The smallest absolute Gasteiger partial charge is 0.259 e. The van der Waals surface area contributed by atoms with Crippen molar-refractivity contribution in [3.05, 3.63) is 27.2 Å². The highest BCUT2D eigenvalue weighted by Gasteiger charge is 2.10. The lowest BCUT2D eigenvalue weighted by Gasteiger charge is -2.12. The quantitative estimate of drug-likeness (QED) is 0.797. The maximum atomic E-state index is 11.3. The molecule has 3 nitrogen and oxygen atoms in total. The second-order valence-electron chi connectivity index (χ2n) is 3.27. The number of carbonyl (C=O) groups excluding carboxylic acids is 1. The van der Waals surface area contributed by atoms with E-state index in [-0.39, 0.29) is 12.5 Å². The summed E-state index contributed by atoms with van der Waals surface area (Å²) in [6.07, 6.45) is 0. The molecule has 0 fully saturated rings. The minimum atomic E-state index is -0.165. The normalized spacial score (nSPS) is 10.1. The second kappa shape index (κ2) is 5.62. The van der Waals surface area contributed by atoms with Gasteiger partial charge in [0.25, 0.3) is 5.91 Å². The Morgan fingerprint density at radius 3 is 2.31 bits per heavy atom. The summed E-state index contributed by atoms with van der Waals surface area (Å²) < 4.78 is 5.23. The Kier molecular flexibility index (Phi) is 4.71. The fourth-order valence-corrected chi connectivity index (χ4v) is 1.47. The van der Waals surface area contributed by atoms with Gasteiger partial charge in [-0.25, -0.2) is 0 Å². The van der Waals surface area contributed by atoms with E-state index in [1.165, 1.54) is 17.0 Å². The number of benzene rings is 1. The largest absolute Gasteiger partial charge is 0.482 e. The van der Waals surface area contributed by atoms with Crippen molar-refractivity contribution in [2.45, 2.75) is 0 Å². The first-order valence-corrected chi connectivity index (χ1v) is 5.52. The highest BCUT2D eigenvalue weighted by molar-refractivity contribution is 6.43. The van der Waals surface area contributed by atoms with Crippen LogP contribution >= 0.6 is 34.8 Å². The Labute approximate surface area is 109 Å². The molecule has 0 bridgehead atoms. The van der Waals surface area contributed by atoms with E-state index in [4.69, 9.17) is 39.5 Å². The van der Waals surface area contributed by atoms with Gasteiger partial charge in [0.15, 0.2) is 6.61 Å². The molecule has 0 radical (unpaired) electrons. The van der Waals surface area contributed by atoms with Gasteiger partial charge in [0.05, 0.1) is 15.1 Å². The lowest BCUT2D eigenvalue weighted by Crippen LogP contribution is -2.27. The molecule has 16 heavy (non-hydrogen) atoms. The van der Waals surface area contributed by atoms with Gasteiger partial charge in [0.1, 0.15) is 5.75 Å². The van der Waals surface area contributed by atoms with Crippen molar-refractivity contribution in [3.8, 4) is 5.75 Å². The summed E-state index contributed by atoms with van der Waals surface area (Å²) in [7, 11) is 3.28. The summed E-state index contributed by atoms with van der Waals surface area (Å²) in [5.74, 6) is 0.174. The first kappa shape index (κ1) is 13.4. The molecule has 0 aliphatic heterocycles. The summed E-state index contributed by atoms with van der Waals surface area (Å²) in [5, 5.41) is 0.997. The molecule has 1 rings (SSSR count). The topological polar surface area (TPSA) is 29.5 Å². The molecule has 1 aromatic rings. The Balaban J connectivity index is 2.75. The maximum Gasteiger partial charge on any atom is 0.259 e. The standard InChI is InChI=1S/C10H10Cl3NO2/c1-14(2)10(15)5-16-9-4-7(12)6(11)3-8(9)13/h3-4H,5H2,1-2H3. The first-order valence-electron chi connectivity index (χ1n) is 4.39. The number of amides is 1. The Hall–Kier alpha value is -0.640. The number of carbonyl (C=O) groups is 1. The number of nitrogens with zero attached hydrogens (tertiary/aromatic N) is 1. The average Bonchev–Trinajstić information content (AvgIpc) is 2.20. The minimum Gasteiger partial charge on any atom is -0.482 e. The van der Waals surface area contributed by atoms with Crippen LogP contribution in [0.4, 0.5) is 0 Å². The molecule has 0 saturated carbocycles. The van der Waals surface area contributed by atoms with Crippen LogP contribution < -0.4 is 4.74 Å². The molecule has 0 unspecified atom stereocenters. The predicted octanol–water partition coefficient (Wildman–Crippen LogP) is 3.11. The Morgan fingerprint density at radius 2 is 1.75 bits per heavy atom. The molecule has 1 amide bonds. The number of hydrogen-bond donors (Lipinski definition) is 0. The van der Waals surface area contributed by atoms with Crippen LogP contribution in [0.2, 0.25) is 15.1 Å². The van der Waals surface area contributed by atoms with Crippen molar-refractivity contribution in [2.75, 3.05) is 20.7 Å². The molecule has 0 aromatic heterocycles. The maximum absolute atomic E-state index is 11.3. The van der Waals surface area contributed by atoms with E-state index in [0.29, 0.717) is 20.8 Å². The molecule has 0 aliphatic carbocycles. The van der Waals surface area contributed by atoms with Crippen molar-refractivity contribution in [1.82, 2.24) is 4.90 Å². The number of hydrogen-bond acceptors (Lipinski definition) is 2. The molecule has 0 N–H and O–H groups in total. The summed E-state index contributed by atoms with van der Waals surface area (Å²) in [6, 6.07) is 2.95. The van der Waals surface area contributed by atoms with Crippen LogP contribution in [0.3, 0.4) is 0 Å². The highest BCUT2D eigenvalue weighted by Crippen LogP contribution is 2.33. The van der Waals surface area contributed by atoms with Gasteiger partial charge in [-0.2, -0.15) is 0 Å². The Morgan fingerprint density at radius 1 is 1.19 bits per heavy atom. The van der Waals surface area contributed by atoms with Gasteiger partial charge in [-0.15, -0.1) is 0 Å². The zero-order chi connectivity index (χ0) is 12.3. The zero-order valence-corrected chi connectivity index (χ0v) is 11.0. The second-order valence-corrected chi connectivity index (χ2v) is 4.50. The average molecular weight is 283 g/mol. The molecule has 0 aliphatic rings. The highest BCUT2D eigenvalue weighted by atomic mass is 35.5. The minimum absolute atomic E-state index is 0.0926. The van der Waals surface area contributed by atoms with Gasteiger partial charge < -0.3 is 9.64 Å². The van der Waals surface area contributed by atoms with Crippen LogP contribution in [-0.2, 0) is 4.79 Å². The molecule has 0 heterocycles. The van der Waals surface area contributed by atoms with Crippen LogP contribution in [0.5, 0.6) is 5.75 Å². The van der Waals surface area contributed by atoms with Gasteiger partial charge >= 0.3 is 0 Å². The monoisotopic (exact) mass is 281 g/mol. The third-order valence-electron chi connectivity index (χ3n) is 1.82. The number of likely N-dealkylation sites (N-methyl/N-ethyl adjacent to an activating group) is 1. The molecule has 88 valence electrons. The van der Waals surface area contributed by atoms with Gasteiger partial charge in [0, 0.05) is 20.2 Å². The van der Waals surface area contributed by atoms with Crippen LogP contribution in [0.25, 0.3) is 0 Å². The molecule has 0 atom stereocenters. The van der Waals surface area contributed by atoms with Crippen molar-refractivity contribution in [1.29, 1.82) is 0 Å². The van der Waals surface area contributed by atoms with Crippen molar-refractivity contribution >= 4 is 40.7 Å². The van der Waals surface area contributed by atoms with Crippen molar-refractivity contribution in [3.63, 3.8) is 0 Å². The number of rotatable bonds is 3. The van der Waals surface area contributed by atoms with Crippen LogP contribution in [0, 0.1) is 0 Å². The Bertz CT molecular complexity index is 407. The van der Waals surface area contributed by atoms with Crippen LogP contribution in [-0.4, -0.2) is 31.5 Å². The third kappa shape index (κ3) is 3.44. The van der Waals surface area contributed by atoms with E-state index < -0.39 is 0 Å². The van der Waals surface area contributed by atoms with Crippen molar-refractivity contribution in [2.24, 2.45) is 0 Å². The van der Waals surface area contributed by atoms with Gasteiger partial charge in [-0.05, 0) is 6.07 Å². The summed E-state index contributed by atoms with van der Waals surface area (Å²) in [6.45, 7) is -0.0926. The molecule has 1 aromatic carbocycles. The van der Waals surface area contributed by atoms with E-state index in [0.717, 1.165) is 0 Å². The first-order chi connectivity index (χ1) is 7.41. The molecule has 0 saturated heterocycles. The van der Waals surface area contributed by atoms with Crippen LogP contribution in [0.15, 0.2) is 12.1 Å². The van der Waals surface area contributed by atoms with E-state index in [2.05, 4.69) is 0 Å². The summed E-state index contributed by atoms with van der Waals surface area (Å²) in [5.41, 5.74) is 0. The predicted molar refractivity (Wildman–Crippen MR) is 65.7 cm³/mol. The molecular formula is C10H10Cl3NO2. The molecule has 6 heteroatoms. The third-order valence-corrected chi connectivity index (χ3v) is 2.84. The summed E-state index contributed by atoms with van der Waals surface area (Å²) in [4.78, 5) is 12.7. The SMILES string of the molecule is CN(C)C(=O)COc1cc(Cl)c(Cl)cc1Cl. The van der Waals surface area contributed by atoms with Gasteiger partial charge in [-0.3, -0.25) is 4.79 Å². The van der Waals surface area contributed by atoms with Crippen LogP contribution in [0.1, 0.15) is 0 Å². The van der Waals surface area contributed by atoms with Gasteiger partial charge in [0.2, 0.25) is 0 Å². The van der Waals surface area contributed by atoms with E-state index in [1.54, 1.807) is 14.1 Å². The van der Waals surface area contributed by atoms with E-state index in [9.17, 15) is 4.79 Å². The molecule has 0 spiro atoms. The number of halogens is 3. The van der Waals surface area contributed by atoms with Crippen molar-refractivity contribution < 1.29 is 9.53 Å². The van der Waals surface area contributed by atoms with Gasteiger partial charge in [-0.1, -0.05) is 34.8 Å². The lowest BCUT2D eigenvalue weighted by molar-refractivity contribution is -0.130. The van der Waals surface area contributed by atoms with E-state index in [1.807, 2.05) is 0 Å². The zero-order valence-electron chi connectivity index (χ0n) is 8.76. The number of ether oxygens (including phenoxy) is 1. The van der Waals surface area contributed by atoms with E-state index >= 15 is 0 Å². The summed E-state index contributed by atoms with van der Waals surface area (Å²) >= 11 is 17.4. The fraction of sp³-hybridized carbons (Fsp3) is 0.300.